The van der Waals surface area contributed by atoms with Crippen molar-refractivity contribution < 1.29 is 9.53 Å². The van der Waals surface area contributed by atoms with Crippen LogP contribution in [0, 0.1) is 14.9 Å². The van der Waals surface area contributed by atoms with Crippen LogP contribution in [0.5, 0.6) is 0 Å². The molecule has 0 atom stereocenters. The number of benzene rings is 1. The van der Waals surface area contributed by atoms with Crippen LogP contribution in [0.4, 0.5) is 0 Å². The molecule has 1 aromatic rings. The number of carbonyl (C=O) groups is 1. The first-order valence-corrected chi connectivity index (χ1v) is 5.62. The smallest absolute Gasteiger partial charge is 0.339 e. The van der Waals surface area contributed by atoms with Crippen molar-refractivity contribution in [3.8, 4) is 6.07 Å². The number of ether oxygens (including phenoxy) is 1. The summed E-state index contributed by atoms with van der Waals surface area (Å²) in [6.45, 7) is 2.04. The van der Waals surface area contributed by atoms with Gasteiger partial charge in [0.2, 0.25) is 0 Å². The number of esters is 1. The first-order valence-electron chi connectivity index (χ1n) is 4.16. The van der Waals surface area contributed by atoms with Crippen LogP contribution in [0.1, 0.15) is 22.8 Å². The minimum absolute atomic E-state index is 0.265. The van der Waals surface area contributed by atoms with Crippen molar-refractivity contribution in [1.29, 1.82) is 5.26 Å². The van der Waals surface area contributed by atoms with E-state index in [1.165, 1.54) is 6.07 Å². The van der Waals surface area contributed by atoms with E-state index in [0.717, 1.165) is 0 Å². The summed E-state index contributed by atoms with van der Waals surface area (Å²) in [7, 11) is 0. The SMILES string of the molecule is CCOC(=O)c1cc(Cl)c(C#N)cc1I. The largest absolute Gasteiger partial charge is 0.462 e. The van der Waals surface area contributed by atoms with Crippen LogP contribution in [0.15, 0.2) is 12.1 Å². The fourth-order valence-electron chi connectivity index (χ4n) is 0.998. The Bertz CT molecular complexity index is 440. The highest BCUT2D eigenvalue weighted by Crippen LogP contribution is 2.23. The second-order valence-corrected chi connectivity index (χ2v) is 4.21. The summed E-state index contributed by atoms with van der Waals surface area (Å²) < 4.78 is 5.51. The van der Waals surface area contributed by atoms with E-state index >= 15 is 0 Å². The summed E-state index contributed by atoms with van der Waals surface area (Å²) in [5.74, 6) is -0.423. The molecule has 0 amide bonds. The van der Waals surface area contributed by atoms with Crippen molar-refractivity contribution in [3.05, 3.63) is 31.9 Å². The summed E-state index contributed by atoms with van der Waals surface area (Å²) in [6.07, 6.45) is 0. The predicted molar refractivity (Wildman–Crippen MR) is 64.8 cm³/mol. The highest BCUT2D eigenvalue weighted by atomic mass is 127. The molecule has 0 radical (unpaired) electrons. The number of rotatable bonds is 2. The molecule has 0 N–H and O–H groups in total. The fourth-order valence-corrected chi connectivity index (χ4v) is 1.89. The quantitative estimate of drug-likeness (QED) is 0.617. The first kappa shape index (κ1) is 12.3. The fraction of sp³-hybridized carbons (Fsp3) is 0.200. The highest BCUT2D eigenvalue weighted by Gasteiger charge is 2.14. The van der Waals surface area contributed by atoms with E-state index in [1.54, 1.807) is 13.0 Å². The van der Waals surface area contributed by atoms with Crippen LogP contribution in [-0.2, 0) is 4.74 Å². The maximum atomic E-state index is 11.4. The third-order valence-corrected chi connectivity index (χ3v) is 2.88. The zero-order valence-corrected chi connectivity index (χ0v) is 10.8. The molecule has 78 valence electrons. The van der Waals surface area contributed by atoms with E-state index in [-0.39, 0.29) is 5.02 Å². The van der Waals surface area contributed by atoms with Crippen LogP contribution in [-0.4, -0.2) is 12.6 Å². The summed E-state index contributed by atoms with van der Waals surface area (Å²) >= 11 is 7.78. The number of halogens is 2. The van der Waals surface area contributed by atoms with Gasteiger partial charge in [-0.2, -0.15) is 5.26 Å². The molecule has 0 spiro atoms. The van der Waals surface area contributed by atoms with E-state index in [9.17, 15) is 4.79 Å². The zero-order chi connectivity index (χ0) is 11.4. The Labute approximate surface area is 106 Å². The lowest BCUT2D eigenvalue weighted by Crippen LogP contribution is -2.07. The second-order valence-electron chi connectivity index (χ2n) is 2.64. The molecule has 15 heavy (non-hydrogen) atoms. The summed E-state index contributed by atoms with van der Waals surface area (Å²) in [5.41, 5.74) is 0.746. The van der Waals surface area contributed by atoms with Gasteiger partial charge in [0.25, 0.3) is 0 Å². The van der Waals surface area contributed by atoms with Crippen molar-refractivity contribution in [2.45, 2.75) is 6.92 Å². The van der Waals surface area contributed by atoms with Crippen molar-refractivity contribution in [1.82, 2.24) is 0 Å². The van der Waals surface area contributed by atoms with Gasteiger partial charge in [-0.3, -0.25) is 0 Å². The molecule has 0 aliphatic carbocycles. The molecular weight excluding hydrogens is 328 g/mol. The molecule has 0 aliphatic heterocycles. The molecule has 0 unspecified atom stereocenters. The molecule has 0 bridgehead atoms. The minimum Gasteiger partial charge on any atom is -0.462 e. The number of hydrogen-bond donors (Lipinski definition) is 0. The Morgan fingerprint density at radius 1 is 1.67 bits per heavy atom. The predicted octanol–water partition coefficient (Wildman–Crippen LogP) is 2.99. The molecule has 1 rings (SSSR count). The third-order valence-electron chi connectivity index (χ3n) is 1.67. The monoisotopic (exact) mass is 335 g/mol. The molecule has 0 saturated carbocycles. The van der Waals surface area contributed by atoms with E-state index in [1.807, 2.05) is 28.7 Å². The summed E-state index contributed by atoms with van der Waals surface area (Å²) in [6, 6.07) is 4.97. The van der Waals surface area contributed by atoms with Crippen LogP contribution in [0.2, 0.25) is 5.02 Å². The molecule has 0 aliphatic rings. The maximum Gasteiger partial charge on any atom is 0.339 e. The lowest BCUT2D eigenvalue weighted by Gasteiger charge is -2.05. The lowest BCUT2D eigenvalue weighted by molar-refractivity contribution is 0.0525. The number of carbonyl (C=O) groups excluding carboxylic acids is 1. The van der Waals surface area contributed by atoms with E-state index < -0.39 is 5.97 Å². The van der Waals surface area contributed by atoms with Gasteiger partial charge in [-0.1, -0.05) is 11.6 Å². The van der Waals surface area contributed by atoms with Gasteiger partial charge in [-0.15, -0.1) is 0 Å². The van der Waals surface area contributed by atoms with Crippen LogP contribution < -0.4 is 0 Å². The van der Waals surface area contributed by atoms with Crippen molar-refractivity contribution in [2.75, 3.05) is 6.61 Å². The Kier molecular flexibility index (Phi) is 4.36. The van der Waals surface area contributed by atoms with Gasteiger partial charge in [0.15, 0.2) is 0 Å². The summed E-state index contributed by atoms with van der Waals surface area (Å²) in [4.78, 5) is 11.4. The molecule has 5 heteroatoms. The number of nitriles is 1. The maximum absolute atomic E-state index is 11.4. The highest BCUT2D eigenvalue weighted by molar-refractivity contribution is 14.1. The van der Waals surface area contributed by atoms with Crippen molar-refractivity contribution >= 4 is 40.2 Å². The van der Waals surface area contributed by atoms with Gasteiger partial charge < -0.3 is 4.74 Å². The van der Waals surface area contributed by atoms with Crippen LogP contribution in [0.3, 0.4) is 0 Å². The standard InChI is InChI=1S/C10H7ClINO2/c1-2-15-10(14)7-4-8(11)6(5-13)3-9(7)12/h3-4H,2H2,1H3. The van der Waals surface area contributed by atoms with E-state index in [2.05, 4.69) is 0 Å². The lowest BCUT2D eigenvalue weighted by atomic mass is 10.1. The zero-order valence-electron chi connectivity index (χ0n) is 7.88. The number of hydrogen-bond acceptors (Lipinski definition) is 3. The minimum atomic E-state index is -0.423. The van der Waals surface area contributed by atoms with Crippen molar-refractivity contribution in [3.63, 3.8) is 0 Å². The normalized spacial score (nSPS) is 9.47. The first-order chi connectivity index (χ1) is 7.10. The summed E-state index contributed by atoms with van der Waals surface area (Å²) in [5, 5.41) is 8.99. The molecule has 0 heterocycles. The van der Waals surface area contributed by atoms with Gasteiger partial charge in [0, 0.05) is 3.57 Å². The molecule has 1 aromatic carbocycles. The molecule has 0 saturated heterocycles. The van der Waals surface area contributed by atoms with Gasteiger partial charge >= 0.3 is 5.97 Å². The molecular formula is C10H7ClINO2. The average Bonchev–Trinajstić information content (AvgIpc) is 2.21. The Morgan fingerprint density at radius 2 is 2.33 bits per heavy atom. The number of nitrogens with zero attached hydrogens (tertiary/aromatic N) is 1. The Morgan fingerprint density at radius 3 is 2.87 bits per heavy atom. The van der Waals surface area contributed by atoms with Crippen molar-refractivity contribution in [2.24, 2.45) is 0 Å². The van der Waals surface area contributed by atoms with Crippen LogP contribution in [0.25, 0.3) is 0 Å². The molecule has 3 nitrogen and oxygen atoms in total. The van der Waals surface area contributed by atoms with Gasteiger partial charge in [0.1, 0.15) is 6.07 Å². The van der Waals surface area contributed by atoms with E-state index in [4.69, 9.17) is 21.6 Å². The van der Waals surface area contributed by atoms with Gasteiger partial charge in [0.05, 0.1) is 22.8 Å². The topological polar surface area (TPSA) is 50.1 Å². The second kappa shape index (κ2) is 5.33. The van der Waals surface area contributed by atoms with Gasteiger partial charge in [-0.05, 0) is 41.6 Å². The molecule has 0 aromatic heterocycles. The Balaban J connectivity index is 3.17. The molecule has 0 fully saturated rings. The van der Waals surface area contributed by atoms with Gasteiger partial charge in [-0.25, -0.2) is 4.79 Å². The average molecular weight is 336 g/mol. The third kappa shape index (κ3) is 2.83. The Hall–Kier alpha value is -0.800. The van der Waals surface area contributed by atoms with E-state index in [0.29, 0.717) is 21.3 Å². The van der Waals surface area contributed by atoms with Crippen LogP contribution >= 0.6 is 34.2 Å².